The summed E-state index contributed by atoms with van der Waals surface area (Å²) in [6.45, 7) is 4.07. The summed E-state index contributed by atoms with van der Waals surface area (Å²) in [5, 5.41) is 4.11. The molecule has 3 aromatic rings. The molecule has 0 saturated carbocycles. The topological polar surface area (TPSA) is 59.2 Å². The van der Waals surface area contributed by atoms with E-state index in [2.05, 4.69) is 15.3 Å². The summed E-state index contributed by atoms with van der Waals surface area (Å²) in [6.07, 6.45) is 1.90. The van der Waals surface area contributed by atoms with Crippen molar-refractivity contribution in [2.24, 2.45) is 0 Å². The van der Waals surface area contributed by atoms with E-state index in [1.54, 1.807) is 7.11 Å². The van der Waals surface area contributed by atoms with Crippen molar-refractivity contribution < 1.29 is 9.47 Å². The van der Waals surface area contributed by atoms with E-state index >= 15 is 0 Å². The van der Waals surface area contributed by atoms with Gasteiger partial charge in [-0.3, -0.25) is 0 Å². The van der Waals surface area contributed by atoms with Crippen molar-refractivity contribution in [3.05, 3.63) is 52.8 Å². The molecule has 2 aromatic carbocycles. The van der Waals surface area contributed by atoms with Gasteiger partial charge in [0.2, 0.25) is 0 Å². The number of ether oxygens (including phenoxy) is 2. The lowest BCUT2D eigenvalue weighted by atomic mass is 10.2. The van der Waals surface area contributed by atoms with Gasteiger partial charge in [0.25, 0.3) is 0 Å². The molecule has 3 rings (SSSR count). The maximum absolute atomic E-state index is 6.36. The number of fused-ring (bicyclic) bond motifs is 1. The highest BCUT2D eigenvalue weighted by atomic mass is 35.5. The van der Waals surface area contributed by atoms with Crippen LogP contribution in [0.5, 0.6) is 11.5 Å². The molecular weight excluding hydrogens is 350 g/mol. The Bertz CT molecular complexity index is 830. The molecule has 2 N–H and O–H groups in total. The fourth-order valence-corrected chi connectivity index (χ4v) is 3.09. The highest BCUT2D eigenvalue weighted by molar-refractivity contribution is 6.31. The van der Waals surface area contributed by atoms with E-state index in [0.717, 1.165) is 41.8 Å². The molecule has 0 spiro atoms. The molecule has 0 unspecified atom stereocenters. The third kappa shape index (κ3) is 4.48. The van der Waals surface area contributed by atoms with E-state index in [4.69, 9.17) is 21.1 Å². The largest absolute Gasteiger partial charge is 0.493 e. The van der Waals surface area contributed by atoms with Gasteiger partial charge in [-0.25, -0.2) is 4.98 Å². The minimum Gasteiger partial charge on any atom is -0.493 e. The van der Waals surface area contributed by atoms with Gasteiger partial charge in [0, 0.05) is 24.1 Å². The Balaban J connectivity index is 1.50. The van der Waals surface area contributed by atoms with Crippen molar-refractivity contribution in [2.45, 2.75) is 26.3 Å². The zero-order valence-corrected chi connectivity index (χ0v) is 15.9. The second-order valence-corrected chi connectivity index (χ2v) is 6.42. The second kappa shape index (κ2) is 8.92. The van der Waals surface area contributed by atoms with Crippen molar-refractivity contribution >= 4 is 22.6 Å². The Hall–Kier alpha value is -2.24. The average molecular weight is 374 g/mol. The highest BCUT2D eigenvalue weighted by Gasteiger charge is 2.10. The Labute approximate surface area is 158 Å². The van der Waals surface area contributed by atoms with Gasteiger partial charge in [-0.1, -0.05) is 23.7 Å². The van der Waals surface area contributed by atoms with Gasteiger partial charge in [0.1, 0.15) is 5.82 Å². The van der Waals surface area contributed by atoms with Crippen molar-refractivity contribution in [2.75, 3.05) is 20.3 Å². The van der Waals surface area contributed by atoms with Gasteiger partial charge >= 0.3 is 0 Å². The lowest BCUT2D eigenvalue weighted by Crippen LogP contribution is -2.16. The lowest BCUT2D eigenvalue weighted by molar-refractivity contribution is 0.310. The molecule has 0 atom stereocenters. The molecule has 0 fully saturated rings. The van der Waals surface area contributed by atoms with Gasteiger partial charge in [-0.2, -0.15) is 0 Å². The van der Waals surface area contributed by atoms with Crippen LogP contribution in [0.25, 0.3) is 11.0 Å². The normalized spacial score (nSPS) is 11.0. The molecule has 138 valence electrons. The summed E-state index contributed by atoms with van der Waals surface area (Å²) < 4.78 is 10.9. The zero-order valence-electron chi connectivity index (χ0n) is 15.1. The first kappa shape index (κ1) is 18.5. The maximum atomic E-state index is 6.36. The molecule has 5 nitrogen and oxygen atoms in total. The summed E-state index contributed by atoms with van der Waals surface area (Å²) >= 11 is 6.36. The Morgan fingerprint density at radius 1 is 1.19 bits per heavy atom. The maximum Gasteiger partial charge on any atom is 0.162 e. The van der Waals surface area contributed by atoms with Gasteiger partial charge in [0.15, 0.2) is 11.5 Å². The number of hydrogen-bond acceptors (Lipinski definition) is 4. The smallest absolute Gasteiger partial charge is 0.162 e. The van der Waals surface area contributed by atoms with Gasteiger partial charge < -0.3 is 19.8 Å². The van der Waals surface area contributed by atoms with Crippen LogP contribution in [-0.2, 0) is 13.0 Å². The number of halogens is 1. The van der Waals surface area contributed by atoms with Crippen molar-refractivity contribution in [1.29, 1.82) is 0 Å². The van der Waals surface area contributed by atoms with Crippen LogP contribution >= 0.6 is 11.6 Å². The first-order valence-corrected chi connectivity index (χ1v) is 9.22. The molecule has 1 heterocycles. The van der Waals surface area contributed by atoms with Crippen LogP contribution in [0.15, 0.2) is 36.4 Å². The van der Waals surface area contributed by atoms with Crippen LogP contribution in [-0.4, -0.2) is 30.2 Å². The molecular formula is C20H24ClN3O2. The summed E-state index contributed by atoms with van der Waals surface area (Å²) in [7, 11) is 1.64. The van der Waals surface area contributed by atoms with E-state index < -0.39 is 0 Å². The van der Waals surface area contributed by atoms with Gasteiger partial charge in [-0.15, -0.1) is 0 Å². The number of methoxy groups -OCH3 is 1. The highest BCUT2D eigenvalue weighted by Crippen LogP contribution is 2.33. The number of rotatable bonds is 9. The quantitative estimate of drug-likeness (QED) is 0.547. The first-order chi connectivity index (χ1) is 12.7. The average Bonchev–Trinajstić information content (AvgIpc) is 3.06. The summed E-state index contributed by atoms with van der Waals surface area (Å²) in [5.74, 6) is 2.40. The first-order valence-electron chi connectivity index (χ1n) is 8.84. The van der Waals surface area contributed by atoms with Crippen molar-refractivity contribution in [3.8, 4) is 11.5 Å². The SMILES string of the molecule is CCOc1cc(Cl)c(CNCCCc2nc3ccccc3[nH]2)cc1OC. The number of imidazole rings is 1. The van der Waals surface area contributed by atoms with Crippen LogP contribution in [0.4, 0.5) is 0 Å². The van der Waals surface area contributed by atoms with E-state index in [1.807, 2.05) is 43.3 Å². The third-order valence-electron chi connectivity index (χ3n) is 4.15. The number of nitrogens with zero attached hydrogens (tertiary/aromatic N) is 1. The molecule has 0 aliphatic rings. The summed E-state index contributed by atoms with van der Waals surface area (Å²) in [6, 6.07) is 11.8. The standard InChI is InChI=1S/C20H24ClN3O2/c1-3-26-19-12-15(21)14(11-18(19)25-2)13-22-10-6-9-20-23-16-7-4-5-8-17(16)24-20/h4-5,7-8,11-12,22H,3,6,9-10,13H2,1-2H3,(H,23,24). The molecule has 1 aromatic heterocycles. The van der Waals surface area contributed by atoms with Crippen LogP contribution in [0.1, 0.15) is 24.7 Å². The number of hydrogen-bond donors (Lipinski definition) is 2. The predicted molar refractivity (Wildman–Crippen MR) is 105 cm³/mol. The number of nitrogens with one attached hydrogen (secondary N) is 2. The van der Waals surface area contributed by atoms with E-state index in [0.29, 0.717) is 29.7 Å². The number of benzene rings is 2. The van der Waals surface area contributed by atoms with Crippen LogP contribution in [0, 0.1) is 0 Å². The van der Waals surface area contributed by atoms with Crippen LogP contribution < -0.4 is 14.8 Å². The number of aromatic nitrogens is 2. The molecule has 6 heteroatoms. The van der Waals surface area contributed by atoms with Gasteiger partial charge in [0.05, 0.1) is 24.8 Å². The molecule has 0 bridgehead atoms. The third-order valence-corrected chi connectivity index (χ3v) is 4.51. The van der Waals surface area contributed by atoms with Crippen molar-refractivity contribution in [1.82, 2.24) is 15.3 Å². The number of aryl methyl sites for hydroxylation is 1. The Morgan fingerprint density at radius 3 is 2.81 bits per heavy atom. The second-order valence-electron chi connectivity index (χ2n) is 6.01. The van der Waals surface area contributed by atoms with E-state index in [-0.39, 0.29) is 0 Å². The van der Waals surface area contributed by atoms with Crippen LogP contribution in [0.3, 0.4) is 0 Å². The Kier molecular flexibility index (Phi) is 6.36. The van der Waals surface area contributed by atoms with E-state index in [9.17, 15) is 0 Å². The molecule has 26 heavy (non-hydrogen) atoms. The summed E-state index contributed by atoms with van der Waals surface area (Å²) in [5.41, 5.74) is 3.10. The predicted octanol–water partition coefficient (Wildman–Crippen LogP) is 4.35. The molecule has 0 radical (unpaired) electrons. The Morgan fingerprint density at radius 2 is 2.04 bits per heavy atom. The molecule has 0 aliphatic heterocycles. The monoisotopic (exact) mass is 373 g/mol. The number of para-hydroxylation sites is 2. The molecule has 0 amide bonds. The number of H-pyrrole nitrogens is 1. The fraction of sp³-hybridized carbons (Fsp3) is 0.350. The molecule has 0 saturated heterocycles. The summed E-state index contributed by atoms with van der Waals surface area (Å²) in [4.78, 5) is 7.95. The minimum atomic E-state index is 0.575. The molecule has 0 aliphatic carbocycles. The minimum absolute atomic E-state index is 0.575. The van der Waals surface area contributed by atoms with Crippen LogP contribution in [0.2, 0.25) is 5.02 Å². The van der Waals surface area contributed by atoms with E-state index in [1.165, 1.54) is 0 Å². The van der Waals surface area contributed by atoms with Gasteiger partial charge in [-0.05, 0) is 43.7 Å². The fourth-order valence-electron chi connectivity index (χ4n) is 2.87. The number of aromatic amines is 1. The van der Waals surface area contributed by atoms with Crippen molar-refractivity contribution in [3.63, 3.8) is 0 Å². The lowest BCUT2D eigenvalue weighted by Gasteiger charge is -2.13. The zero-order chi connectivity index (χ0) is 18.4.